The number of rotatable bonds is 4. The molecule has 1 rings (SSSR count). The van der Waals surface area contributed by atoms with E-state index in [1.54, 1.807) is 18.2 Å². The van der Waals surface area contributed by atoms with Crippen molar-refractivity contribution in [3.05, 3.63) is 29.3 Å². The lowest BCUT2D eigenvalue weighted by atomic mass is 10.1. The summed E-state index contributed by atoms with van der Waals surface area (Å²) in [6.45, 7) is 4.23. The van der Waals surface area contributed by atoms with Crippen LogP contribution in [0.3, 0.4) is 0 Å². The van der Waals surface area contributed by atoms with Gasteiger partial charge < -0.3 is 16.2 Å². The lowest BCUT2D eigenvalue weighted by Gasteiger charge is -2.11. The van der Waals surface area contributed by atoms with Crippen molar-refractivity contribution < 1.29 is 9.90 Å². The zero-order chi connectivity index (χ0) is 12.1. The maximum Gasteiger partial charge on any atom is 0.255 e. The zero-order valence-corrected chi connectivity index (χ0v) is 9.66. The smallest absolute Gasteiger partial charge is 0.255 e. The summed E-state index contributed by atoms with van der Waals surface area (Å²) in [7, 11) is 0. The first kappa shape index (κ1) is 12.5. The summed E-state index contributed by atoms with van der Waals surface area (Å²) in [5.41, 5.74) is 6.89. The number of nitrogens with one attached hydrogen (secondary N) is 1. The van der Waals surface area contributed by atoms with Gasteiger partial charge in [-0.25, -0.2) is 0 Å². The molecule has 1 amide bonds. The third-order valence-corrected chi connectivity index (χ3v) is 2.45. The highest BCUT2D eigenvalue weighted by Gasteiger charge is 2.11. The molecule has 4 N–H and O–H groups in total. The Morgan fingerprint density at radius 1 is 1.56 bits per heavy atom. The first-order valence-electron chi connectivity index (χ1n) is 5.38. The van der Waals surface area contributed by atoms with E-state index in [9.17, 15) is 9.90 Å². The van der Waals surface area contributed by atoms with E-state index < -0.39 is 0 Å². The molecule has 16 heavy (non-hydrogen) atoms. The molecule has 4 nitrogen and oxygen atoms in total. The highest BCUT2D eigenvalue weighted by atomic mass is 16.3. The van der Waals surface area contributed by atoms with Crippen molar-refractivity contribution in [1.82, 2.24) is 5.32 Å². The van der Waals surface area contributed by atoms with Crippen molar-refractivity contribution in [3.8, 4) is 5.75 Å². The van der Waals surface area contributed by atoms with Gasteiger partial charge in [0, 0.05) is 12.6 Å². The molecule has 0 aliphatic carbocycles. The molecule has 1 aromatic carbocycles. The molecule has 0 aliphatic heterocycles. The molecular weight excluding hydrogens is 204 g/mol. The van der Waals surface area contributed by atoms with E-state index in [2.05, 4.69) is 5.32 Å². The van der Waals surface area contributed by atoms with Crippen LogP contribution in [0.5, 0.6) is 5.75 Å². The van der Waals surface area contributed by atoms with Gasteiger partial charge in [-0.15, -0.1) is 0 Å². The number of aryl methyl sites for hydroxylation is 1. The first-order valence-corrected chi connectivity index (χ1v) is 5.38. The van der Waals surface area contributed by atoms with Gasteiger partial charge in [0.15, 0.2) is 0 Å². The van der Waals surface area contributed by atoms with Crippen molar-refractivity contribution in [1.29, 1.82) is 0 Å². The number of phenols is 1. The number of amides is 1. The van der Waals surface area contributed by atoms with E-state index >= 15 is 0 Å². The number of carbonyl (C=O) groups excluding carboxylic acids is 1. The molecule has 0 spiro atoms. The molecule has 0 saturated carbocycles. The van der Waals surface area contributed by atoms with Crippen LogP contribution in [0.1, 0.15) is 29.3 Å². The molecule has 0 bridgehead atoms. The van der Waals surface area contributed by atoms with E-state index in [1.807, 2.05) is 13.8 Å². The van der Waals surface area contributed by atoms with Gasteiger partial charge in [0.25, 0.3) is 5.91 Å². The summed E-state index contributed by atoms with van der Waals surface area (Å²) in [6, 6.07) is 4.91. The van der Waals surface area contributed by atoms with Gasteiger partial charge in [0.2, 0.25) is 0 Å². The third-order valence-electron chi connectivity index (χ3n) is 2.45. The minimum Gasteiger partial charge on any atom is -0.507 e. The number of hydrogen-bond donors (Lipinski definition) is 3. The van der Waals surface area contributed by atoms with Crippen LogP contribution in [-0.4, -0.2) is 23.6 Å². The Bertz CT molecular complexity index is 377. The molecule has 0 heterocycles. The van der Waals surface area contributed by atoms with Gasteiger partial charge >= 0.3 is 0 Å². The molecule has 1 unspecified atom stereocenters. The van der Waals surface area contributed by atoms with Crippen molar-refractivity contribution in [2.45, 2.75) is 26.3 Å². The summed E-state index contributed by atoms with van der Waals surface area (Å²) in [4.78, 5) is 11.7. The van der Waals surface area contributed by atoms with Crippen molar-refractivity contribution >= 4 is 5.91 Å². The quantitative estimate of drug-likeness (QED) is 0.715. The molecule has 0 radical (unpaired) electrons. The second-order valence-corrected chi connectivity index (χ2v) is 3.90. The summed E-state index contributed by atoms with van der Waals surface area (Å²) >= 11 is 0. The zero-order valence-electron chi connectivity index (χ0n) is 9.66. The van der Waals surface area contributed by atoms with Gasteiger partial charge in [0.1, 0.15) is 5.75 Å². The maximum atomic E-state index is 11.7. The minimum atomic E-state index is -0.290. The summed E-state index contributed by atoms with van der Waals surface area (Å²) < 4.78 is 0. The molecule has 88 valence electrons. The number of phenolic OH excluding ortho intramolecular Hbond substituents is 1. The Labute approximate surface area is 95.5 Å². The molecule has 0 saturated heterocycles. The Kier molecular flexibility index (Phi) is 4.31. The predicted octanol–water partition coefficient (Wildman–Crippen LogP) is 1.17. The average molecular weight is 222 g/mol. The first-order chi connectivity index (χ1) is 7.54. The van der Waals surface area contributed by atoms with Crippen LogP contribution in [0.15, 0.2) is 18.2 Å². The van der Waals surface area contributed by atoms with E-state index in [0.717, 1.165) is 12.0 Å². The van der Waals surface area contributed by atoms with Gasteiger partial charge in [0.05, 0.1) is 5.56 Å². The highest BCUT2D eigenvalue weighted by Crippen LogP contribution is 2.17. The lowest BCUT2D eigenvalue weighted by Crippen LogP contribution is -2.36. The second-order valence-electron chi connectivity index (χ2n) is 3.90. The third kappa shape index (κ3) is 3.24. The van der Waals surface area contributed by atoms with E-state index in [4.69, 9.17) is 5.73 Å². The average Bonchev–Trinajstić information content (AvgIpc) is 2.25. The van der Waals surface area contributed by atoms with Crippen LogP contribution in [0.25, 0.3) is 0 Å². The van der Waals surface area contributed by atoms with E-state index in [-0.39, 0.29) is 23.3 Å². The normalized spacial score (nSPS) is 12.2. The van der Waals surface area contributed by atoms with Crippen LogP contribution in [0.2, 0.25) is 0 Å². The fourth-order valence-corrected chi connectivity index (χ4v) is 1.30. The Balaban J connectivity index is 2.66. The number of carbonyl (C=O) groups is 1. The Hall–Kier alpha value is -1.55. The summed E-state index contributed by atoms with van der Waals surface area (Å²) in [6.07, 6.45) is 0.806. The van der Waals surface area contributed by atoms with Crippen molar-refractivity contribution in [2.75, 3.05) is 6.54 Å². The molecule has 0 aromatic heterocycles. The van der Waals surface area contributed by atoms with Crippen molar-refractivity contribution in [3.63, 3.8) is 0 Å². The summed E-state index contributed by atoms with van der Waals surface area (Å²) in [5.74, 6) is -0.288. The topological polar surface area (TPSA) is 75.3 Å². The Morgan fingerprint density at radius 2 is 2.25 bits per heavy atom. The lowest BCUT2D eigenvalue weighted by molar-refractivity contribution is 0.0948. The van der Waals surface area contributed by atoms with Crippen LogP contribution in [-0.2, 0) is 0 Å². The standard InChI is InChI=1S/C12H18N2O2/c1-3-9(13)7-14-12(16)10-5-4-8(2)6-11(10)15/h4-6,9,15H,3,7,13H2,1-2H3,(H,14,16). The Morgan fingerprint density at radius 3 is 2.81 bits per heavy atom. The maximum absolute atomic E-state index is 11.7. The minimum absolute atomic E-state index is 0.00238. The van der Waals surface area contributed by atoms with Crippen LogP contribution >= 0.6 is 0 Å². The monoisotopic (exact) mass is 222 g/mol. The molecule has 0 aliphatic rings. The fraction of sp³-hybridized carbons (Fsp3) is 0.417. The molecule has 1 atom stereocenters. The van der Waals surface area contributed by atoms with Crippen molar-refractivity contribution in [2.24, 2.45) is 5.73 Å². The van der Waals surface area contributed by atoms with E-state index in [1.165, 1.54) is 0 Å². The number of aromatic hydroxyl groups is 1. The molecule has 4 heteroatoms. The van der Waals surface area contributed by atoms with Crippen LogP contribution in [0, 0.1) is 6.92 Å². The van der Waals surface area contributed by atoms with E-state index in [0.29, 0.717) is 6.54 Å². The van der Waals surface area contributed by atoms with Gasteiger partial charge in [-0.3, -0.25) is 4.79 Å². The molecule has 1 aromatic rings. The molecule has 0 fully saturated rings. The summed E-state index contributed by atoms with van der Waals surface area (Å²) in [5, 5.41) is 12.3. The van der Waals surface area contributed by atoms with Gasteiger partial charge in [-0.2, -0.15) is 0 Å². The van der Waals surface area contributed by atoms with Gasteiger partial charge in [-0.05, 0) is 31.0 Å². The van der Waals surface area contributed by atoms with Crippen LogP contribution in [0.4, 0.5) is 0 Å². The number of hydrogen-bond acceptors (Lipinski definition) is 3. The second kappa shape index (κ2) is 5.51. The predicted molar refractivity (Wildman–Crippen MR) is 63.4 cm³/mol. The number of nitrogens with two attached hydrogens (primary N) is 1. The van der Waals surface area contributed by atoms with Crippen LogP contribution < -0.4 is 11.1 Å². The SMILES string of the molecule is CCC(N)CNC(=O)c1ccc(C)cc1O. The fourth-order valence-electron chi connectivity index (χ4n) is 1.30. The molecular formula is C12H18N2O2. The number of benzene rings is 1. The highest BCUT2D eigenvalue weighted by molar-refractivity contribution is 5.96. The largest absolute Gasteiger partial charge is 0.507 e. The van der Waals surface area contributed by atoms with Gasteiger partial charge in [-0.1, -0.05) is 13.0 Å².